The first kappa shape index (κ1) is 15.0. The smallest absolute Gasteiger partial charge is 0.241 e. The number of hydrogen-bond acceptors (Lipinski definition) is 3. The molecule has 0 spiro atoms. The molecule has 0 aromatic heterocycles. The summed E-state index contributed by atoms with van der Waals surface area (Å²) in [6.07, 6.45) is 3.93. The zero-order chi connectivity index (χ0) is 13.7. The quantitative estimate of drug-likeness (QED) is 0.792. The van der Waals surface area contributed by atoms with Crippen LogP contribution in [0, 0.1) is 5.92 Å². The van der Waals surface area contributed by atoms with Crippen molar-refractivity contribution in [1.82, 2.24) is 9.80 Å². The molecule has 5 nitrogen and oxygen atoms in total. The lowest BCUT2D eigenvalue weighted by molar-refractivity contribution is -0.142. The summed E-state index contributed by atoms with van der Waals surface area (Å²) in [5.74, 6) is -0.108. The van der Waals surface area contributed by atoms with Crippen LogP contribution in [0.3, 0.4) is 0 Å². The molecular formula is C13H25N3O2. The van der Waals surface area contributed by atoms with E-state index in [4.69, 9.17) is 5.73 Å². The molecule has 1 rings (SSSR count). The van der Waals surface area contributed by atoms with E-state index in [0.29, 0.717) is 6.54 Å². The summed E-state index contributed by atoms with van der Waals surface area (Å²) < 4.78 is 0. The summed E-state index contributed by atoms with van der Waals surface area (Å²) in [6, 6.07) is -0.0465. The minimum atomic E-state index is -0.103. The van der Waals surface area contributed by atoms with Gasteiger partial charge in [0.2, 0.25) is 11.8 Å². The van der Waals surface area contributed by atoms with Crippen molar-refractivity contribution in [3.8, 4) is 0 Å². The van der Waals surface area contributed by atoms with E-state index in [0.717, 1.165) is 25.7 Å². The fraction of sp³-hybridized carbons (Fsp3) is 0.846. The van der Waals surface area contributed by atoms with Crippen LogP contribution >= 0.6 is 0 Å². The van der Waals surface area contributed by atoms with E-state index in [9.17, 15) is 9.59 Å². The van der Waals surface area contributed by atoms with Crippen LogP contribution in [0.2, 0.25) is 0 Å². The molecule has 0 bridgehead atoms. The van der Waals surface area contributed by atoms with Gasteiger partial charge in [-0.05, 0) is 19.8 Å². The minimum Gasteiger partial charge on any atom is -0.347 e. The Balaban J connectivity index is 2.63. The highest BCUT2D eigenvalue weighted by Gasteiger charge is 2.31. The lowest BCUT2D eigenvalue weighted by Crippen LogP contribution is -2.48. The van der Waals surface area contributed by atoms with Crippen LogP contribution in [0.15, 0.2) is 0 Å². The Labute approximate surface area is 109 Å². The molecule has 2 amide bonds. The van der Waals surface area contributed by atoms with Crippen LogP contribution in [-0.2, 0) is 9.59 Å². The molecule has 0 saturated heterocycles. The minimum absolute atomic E-state index is 0.0416. The molecule has 2 unspecified atom stereocenters. The standard InChI is InChI=1S/C13H25N3O2/c1-4-16(9-12(17)15(2)3)13(18)10-7-5-6-8-11(10)14/h10-11H,4-9,14H2,1-3H3. The van der Waals surface area contributed by atoms with E-state index in [1.54, 1.807) is 19.0 Å². The molecule has 104 valence electrons. The Morgan fingerprint density at radius 1 is 1.22 bits per heavy atom. The summed E-state index contributed by atoms with van der Waals surface area (Å²) in [5.41, 5.74) is 6.02. The van der Waals surface area contributed by atoms with Crippen molar-refractivity contribution in [1.29, 1.82) is 0 Å². The van der Waals surface area contributed by atoms with Crippen LogP contribution in [0.25, 0.3) is 0 Å². The van der Waals surface area contributed by atoms with Crippen molar-refractivity contribution in [3.05, 3.63) is 0 Å². The second-order valence-corrected chi connectivity index (χ2v) is 5.20. The van der Waals surface area contributed by atoms with Gasteiger partial charge in [0.15, 0.2) is 0 Å². The summed E-state index contributed by atoms with van der Waals surface area (Å²) in [6.45, 7) is 2.61. The highest BCUT2D eigenvalue weighted by Crippen LogP contribution is 2.24. The molecule has 18 heavy (non-hydrogen) atoms. The molecule has 0 heterocycles. The van der Waals surface area contributed by atoms with Crippen LogP contribution < -0.4 is 5.73 Å². The summed E-state index contributed by atoms with van der Waals surface area (Å²) in [7, 11) is 3.40. The Morgan fingerprint density at radius 3 is 2.33 bits per heavy atom. The fourth-order valence-corrected chi connectivity index (χ4v) is 2.35. The van der Waals surface area contributed by atoms with Crippen molar-refractivity contribution in [2.24, 2.45) is 11.7 Å². The van der Waals surface area contributed by atoms with Gasteiger partial charge in [0.1, 0.15) is 0 Å². The maximum atomic E-state index is 12.4. The zero-order valence-electron chi connectivity index (χ0n) is 11.7. The van der Waals surface area contributed by atoms with E-state index in [1.165, 1.54) is 4.90 Å². The van der Waals surface area contributed by atoms with Gasteiger partial charge >= 0.3 is 0 Å². The predicted octanol–water partition coefficient (Wildman–Crippen LogP) is 0.441. The zero-order valence-corrected chi connectivity index (χ0v) is 11.7. The highest BCUT2D eigenvalue weighted by atomic mass is 16.2. The molecule has 2 atom stereocenters. The highest BCUT2D eigenvalue weighted by molar-refractivity contribution is 5.86. The molecule has 1 aliphatic carbocycles. The van der Waals surface area contributed by atoms with Crippen LogP contribution in [0.4, 0.5) is 0 Å². The van der Waals surface area contributed by atoms with Gasteiger partial charge in [0, 0.05) is 26.7 Å². The van der Waals surface area contributed by atoms with Gasteiger partial charge in [0.25, 0.3) is 0 Å². The third-order valence-electron chi connectivity index (χ3n) is 3.65. The average molecular weight is 255 g/mol. The maximum Gasteiger partial charge on any atom is 0.241 e. The van der Waals surface area contributed by atoms with Gasteiger partial charge in [-0.1, -0.05) is 12.8 Å². The predicted molar refractivity (Wildman–Crippen MR) is 70.9 cm³/mol. The largest absolute Gasteiger partial charge is 0.347 e. The Hall–Kier alpha value is -1.10. The number of carbonyl (C=O) groups excluding carboxylic acids is 2. The number of hydrogen-bond donors (Lipinski definition) is 1. The molecule has 0 radical (unpaired) electrons. The molecule has 1 saturated carbocycles. The van der Waals surface area contributed by atoms with Crippen LogP contribution in [0.1, 0.15) is 32.6 Å². The van der Waals surface area contributed by atoms with E-state index in [1.807, 2.05) is 6.92 Å². The average Bonchev–Trinajstić information content (AvgIpc) is 2.35. The maximum absolute atomic E-state index is 12.4. The molecule has 0 aliphatic heterocycles. The molecule has 0 aromatic carbocycles. The number of likely N-dealkylation sites (N-methyl/N-ethyl adjacent to an activating group) is 2. The van der Waals surface area contributed by atoms with Gasteiger partial charge in [-0.25, -0.2) is 0 Å². The molecular weight excluding hydrogens is 230 g/mol. The summed E-state index contributed by atoms with van der Waals surface area (Å²) >= 11 is 0. The van der Waals surface area contributed by atoms with Crippen molar-refractivity contribution in [2.45, 2.75) is 38.6 Å². The SMILES string of the molecule is CCN(CC(=O)N(C)C)C(=O)C1CCCCC1N. The normalized spacial score (nSPS) is 23.6. The monoisotopic (exact) mass is 255 g/mol. The molecule has 2 N–H and O–H groups in total. The van der Waals surface area contributed by atoms with Crippen molar-refractivity contribution in [2.75, 3.05) is 27.2 Å². The molecule has 5 heteroatoms. The molecule has 1 aliphatic rings. The van der Waals surface area contributed by atoms with Gasteiger partial charge in [-0.3, -0.25) is 9.59 Å². The van der Waals surface area contributed by atoms with Gasteiger partial charge < -0.3 is 15.5 Å². The van der Waals surface area contributed by atoms with Gasteiger partial charge in [-0.2, -0.15) is 0 Å². The lowest BCUT2D eigenvalue weighted by Gasteiger charge is -2.32. The lowest BCUT2D eigenvalue weighted by atomic mass is 9.84. The van der Waals surface area contributed by atoms with Crippen molar-refractivity contribution in [3.63, 3.8) is 0 Å². The summed E-state index contributed by atoms with van der Waals surface area (Å²) in [4.78, 5) is 27.2. The van der Waals surface area contributed by atoms with Crippen molar-refractivity contribution < 1.29 is 9.59 Å². The Morgan fingerprint density at radius 2 is 1.83 bits per heavy atom. The third-order valence-corrected chi connectivity index (χ3v) is 3.65. The molecule has 1 fully saturated rings. The number of rotatable bonds is 4. The first-order chi connectivity index (χ1) is 8.47. The third kappa shape index (κ3) is 3.70. The van der Waals surface area contributed by atoms with E-state index >= 15 is 0 Å². The second kappa shape index (κ2) is 6.73. The number of carbonyl (C=O) groups is 2. The van der Waals surface area contributed by atoms with Crippen LogP contribution in [0.5, 0.6) is 0 Å². The van der Waals surface area contributed by atoms with Gasteiger partial charge in [0.05, 0.1) is 12.5 Å². The first-order valence-corrected chi connectivity index (χ1v) is 6.71. The summed E-state index contributed by atoms with van der Waals surface area (Å²) in [5, 5.41) is 0. The first-order valence-electron chi connectivity index (χ1n) is 6.71. The van der Waals surface area contributed by atoms with Crippen molar-refractivity contribution >= 4 is 11.8 Å². The number of nitrogens with two attached hydrogens (primary N) is 1. The van der Waals surface area contributed by atoms with E-state index in [-0.39, 0.29) is 30.3 Å². The Kier molecular flexibility index (Phi) is 5.59. The van der Waals surface area contributed by atoms with Crippen LogP contribution in [-0.4, -0.2) is 54.8 Å². The second-order valence-electron chi connectivity index (χ2n) is 5.20. The number of amides is 2. The van der Waals surface area contributed by atoms with Gasteiger partial charge in [-0.15, -0.1) is 0 Å². The molecule has 0 aromatic rings. The fourth-order valence-electron chi connectivity index (χ4n) is 2.35. The van der Waals surface area contributed by atoms with E-state index < -0.39 is 0 Å². The topological polar surface area (TPSA) is 66.6 Å². The van der Waals surface area contributed by atoms with E-state index in [2.05, 4.69) is 0 Å². The Bertz CT molecular complexity index is 305. The number of nitrogens with zero attached hydrogens (tertiary/aromatic N) is 2.